The van der Waals surface area contributed by atoms with E-state index in [9.17, 15) is 25.2 Å². The number of hydrogen-bond donors (Lipinski definition) is 5. The number of hydrogen-bond acceptors (Lipinski definition) is 5. The molecule has 0 rings (SSSR count). The lowest BCUT2D eigenvalue weighted by Crippen LogP contribution is -2.53. The summed E-state index contributed by atoms with van der Waals surface area (Å²) in [6, 6.07) is -1.01. The SMILES string of the molecule is CCCCCCCCCCCC/C=C\CCCCCCCCC(O)C(=O)NC(CO)C(O)C(O)CCC/C=C/CC/C=C/CCCCCCCCCCCCCCCCC. The minimum absolute atomic E-state index is 0.353. The third-order valence-electron chi connectivity index (χ3n) is 12.3. The van der Waals surface area contributed by atoms with Crippen molar-refractivity contribution in [1.82, 2.24) is 5.32 Å². The van der Waals surface area contributed by atoms with E-state index in [1.165, 1.54) is 186 Å². The van der Waals surface area contributed by atoms with Crippen LogP contribution in [0.1, 0.15) is 271 Å². The highest BCUT2D eigenvalue weighted by molar-refractivity contribution is 5.80. The molecule has 0 saturated carbocycles. The van der Waals surface area contributed by atoms with Crippen LogP contribution in [-0.2, 0) is 4.79 Å². The molecule has 4 atom stereocenters. The van der Waals surface area contributed by atoms with E-state index < -0.39 is 36.9 Å². The number of aliphatic hydroxyl groups is 4. The molecular formula is C54H103NO5. The molecule has 5 N–H and O–H groups in total. The van der Waals surface area contributed by atoms with E-state index in [1.54, 1.807) is 0 Å². The van der Waals surface area contributed by atoms with Gasteiger partial charge in [-0.1, -0.05) is 230 Å². The molecule has 0 aliphatic rings. The highest BCUT2D eigenvalue weighted by atomic mass is 16.3. The third-order valence-corrected chi connectivity index (χ3v) is 12.3. The van der Waals surface area contributed by atoms with Gasteiger partial charge in [0, 0.05) is 0 Å². The number of carbonyl (C=O) groups is 1. The van der Waals surface area contributed by atoms with Crippen LogP contribution in [0.4, 0.5) is 0 Å². The van der Waals surface area contributed by atoms with Gasteiger partial charge in [-0.2, -0.15) is 0 Å². The molecule has 1 amide bonds. The molecule has 6 nitrogen and oxygen atoms in total. The van der Waals surface area contributed by atoms with Crippen molar-refractivity contribution in [3.8, 4) is 0 Å². The van der Waals surface area contributed by atoms with Crippen LogP contribution in [-0.4, -0.2) is 57.3 Å². The Morgan fingerprint density at radius 3 is 1.05 bits per heavy atom. The molecule has 0 heterocycles. The van der Waals surface area contributed by atoms with Gasteiger partial charge in [-0.05, 0) is 77.0 Å². The Morgan fingerprint density at radius 1 is 0.400 bits per heavy atom. The number of allylic oxidation sites excluding steroid dienone is 6. The molecule has 60 heavy (non-hydrogen) atoms. The van der Waals surface area contributed by atoms with Crippen LogP contribution in [0.3, 0.4) is 0 Å². The Bertz CT molecular complexity index is 950. The number of carbonyl (C=O) groups excluding carboxylic acids is 1. The van der Waals surface area contributed by atoms with Crippen molar-refractivity contribution < 1.29 is 25.2 Å². The third kappa shape index (κ3) is 41.9. The van der Waals surface area contributed by atoms with Crippen molar-refractivity contribution >= 4 is 5.91 Å². The van der Waals surface area contributed by atoms with Crippen molar-refractivity contribution in [1.29, 1.82) is 0 Å². The lowest BCUT2D eigenvalue weighted by Gasteiger charge is -2.27. The van der Waals surface area contributed by atoms with Crippen molar-refractivity contribution in [3.05, 3.63) is 36.5 Å². The Balaban J connectivity index is 3.73. The van der Waals surface area contributed by atoms with Gasteiger partial charge in [0.25, 0.3) is 0 Å². The number of aliphatic hydroxyl groups excluding tert-OH is 4. The first-order valence-corrected chi connectivity index (χ1v) is 26.4. The second-order valence-electron chi connectivity index (χ2n) is 18.2. The zero-order valence-corrected chi connectivity index (χ0v) is 40.0. The highest BCUT2D eigenvalue weighted by Crippen LogP contribution is 2.16. The molecule has 0 aliphatic carbocycles. The molecule has 0 aliphatic heterocycles. The number of nitrogens with one attached hydrogen (secondary N) is 1. The largest absolute Gasteiger partial charge is 0.394 e. The van der Waals surface area contributed by atoms with E-state index in [-0.39, 0.29) is 0 Å². The zero-order chi connectivity index (χ0) is 43.8. The van der Waals surface area contributed by atoms with E-state index in [0.717, 1.165) is 51.4 Å². The maximum atomic E-state index is 12.6. The van der Waals surface area contributed by atoms with E-state index >= 15 is 0 Å². The van der Waals surface area contributed by atoms with Gasteiger partial charge in [0.2, 0.25) is 5.91 Å². The van der Waals surface area contributed by atoms with Crippen LogP contribution < -0.4 is 5.32 Å². The number of rotatable bonds is 48. The Hall–Kier alpha value is -1.47. The van der Waals surface area contributed by atoms with Crippen molar-refractivity contribution in [2.24, 2.45) is 0 Å². The summed E-state index contributed by atoms with van der Waals surface area (Å²) in [5.74, 6) is -0.600. The summed E-state index contributed by atoms with van der Waals surface area (Å²) >= 11 is 0. The molecule has 0 spiro atoms. The molecule has 0 radical (unpaired) electrons. The maximum absolute atomic E-state index is 12.6. The predicted octanol–water partition coefficient (Wildman–Crippen LogP) is 14.9. The Morgan fingerprint density at radius 2 is 0.700 bits per heavy atom. The van der Waals surface area contributed by atoms with Crippen molar-refractivity contribution in [3.63, 3.8) is 0 Å². The Kier molecular flexibility index (Phi) is 47.4. The summed E-state index contributed by atoms with van der Waals surface area (Å²) in [7, 11) is 0. The van der Waals surface area contributed by atoms with Crippen LogP contribution in [0.15, 0.2) is 36.5 Å². The van der Waals surface area contributed by atoms with Crippen molar-refractivity contribution in [2.75, 3.05) is 6.61 Å². The second-order valence-corrected chi connectivity index (χ2v) is 18.2. The van der Waals surface area contributed by atoms with Gasteiger partial charge in [-0.3, -0.25) is 4.79 Å². The van der Waals surface area contributed by atoms with Crippen LogP contribution in [0.5, 0.6) is 0 Å². The summed E-state index contributed by atoms with van der Waals surface area (Å²) in [4.78, 5) is 12.6. The summed E-state index contributed by atoms with van der Waals surface area (Å²) < 4.78 is 0. The van der Waals surface area contributed by atoms with Crippen LogP contribution in [0, 0.1) is 0 Å². The zero-order valence-electron chi connectivity index (χ0n) is 40.0. The molecule has 0 aromatic rings. The topological polar surface area (TPSA) is 110 Å². The summed E-state index contributed by atoms with van der Waals surface area (Å²) in [6.45, 7) is 4.06. The number of amides is 1. The molecule has 0 saturated heterocycles. The van der Waals surface area contributed by atoms with Gasteiger partial charge in [-0.25, -0.2) is 0 Å². The molecule has 0 aromatic heterocycles. The number of unbranched alkanes of at least 4 members (excludes halogenated alkanes) is 33. The van der Waals surface area contributed by atoms with Gasteiger partial charge in [0.15, 0.2) is 0 Å². The van der Waals surface area contributed by atoms with Crippen LogP contribution >= 0.6 is 0 Å². The van der Waals surface area contributed by atoms with Gasteiger partial charge >= 0.3 is 0 Å². The summed E-state index contributed by atoms with van der Waals surface area (Å²) in [5.41, 5.74) is 0. The molecule has 0 fully saturated rings. The minimum atomic E-state index is -1.29. The fourth-order valence-corrected chi connectivity index (χ4v) is 8.12. The van der Waals surface area contributed by atoms with Gasteiger partial charge in [0.05, 0.1) is 18.8 Å². The van der Waals surface area contributed by atoms with E-state index in [2.05, 4.69) is 55.6 Å². The highest BCUT2D eigenvalue weighted by Gasteiger charge is 2.28. The average Bonchev–Trinajstić information content (AvgIpc) is 3.25. The summed E-state index contributed by atoms with van der Waals surface area (Å²) in [6.07, 6.45) is 59.1. The molecule has 0 bridgehead atoms. The van der Waals surface area contributed by atoms with Gasteiger partial charge in [0.1, 0.15) is 12.2 Å². The smallest absolute Gasteiger partial charge is 0.249 e. The molecular weight excluding hydrogens is 743 g/mol. The van der Waals surface area contributed by atoms with E-state index in [1.807, 2.05) is 0 Å². The first kappa shape index (κ1) is 58.5. The standard InChI is InChI=1S/C54H103NO5/c1-3-5-7-9-11-13-15-17-19-21-23-25-26-27-28-30-31-33-35-37-39-41-43-45-47-51(57)53(59)50(49-56)55-54(60)52(58)48-46-44-42-40-38-36-34-32-29-24-22-20-18-16-14-12-10-8-6-4-2/h29,31-33,39,41,50-53,56-59H,3-28,30,34-38,40,42-49H2,1-2H3,(H,55,60)/b32-29-,33-31+,41-39+. The van der Waals surface area contributed by atoms with E-state index in [0.29, 0.717) is 19.3 Å². The minimum Gasteiger partial charge on any atom is -0.394 e. The van der Waals surface area contributed by atoms with Crippen molar-refractivity contribution in [2.45, 2.75) is 295 Å². The van der Waals surface area contributed by atoms with Crippen LogP contribution in [0.2, 0.25) is 0 Å². The average molecular weight is 846 g/mol. The molecule has 6 heteroatoms. The Labute approximate surface area is 373 Å². The quantitative estimate of drug-likeness (QED) is 0.0309. The first-order valence-electron chi connectivity index (χ1n) is 26.4. The molecule has 4 unspecified atom stereocenters. The van der Waals surface area contributed by atoms with Crippen LogP contribution in [0.25, 0.3) is 0 Å². The lowest BCUT2D eigenvalue weighted by molar-refractivity contribution is -0.132. The maximum Gasteiger partial charge on any atom is 0.249 e. The normalized spacial score (nSPS) is 14.2. The van der Waals surface area contributed by atoms with E-state index in [4.69, 9.17) is 0 Å². The predicted molar refractivity (Wildman–Crippen MR) is 260 cm³/mol. The van der Waals surface area contributed by atoms with Gasteiger partial charge in [-0.15, -0.1) is 0 Å². The lowest BCUT2D eigenvalue weighted by atomic mass is 10.00. The van der Waals surface area contributed by atoms with Gasteiger partial charge < -0.3 is 25.7 Å². The monoisotopic (exact) mass is 846 g/mol. The summed E-state index contributed by atoms with van der Waals surface area (Å²) in [5, 5.41) is 43.9. The first-order chi connectivity index (χ1) is 29.5. The second kappa shape index (κ2) is 48.6. The molecule has 0 aromatic carbocycles. The fourth-order valence-electron chi connectivity index (χ4n) is 8.12. The fraction of sp³-hybridized carbons (Fsp3) is 0.870. The molecule has 354 valence electrons.